The highest BCUT2D eigenvalue weighted by Gasteiger charge is 2.38. The lowest BCUT2D eigenvalue weighted by Gasteiger charge is -2.29. The molecule has 0 amide bonds. The van der Waals surface area contributed by atoms with Gasteiger partial charge in [0, 0.05) is 6.92 Å². The highest BCUT2D eigenvalue weighted by Crippen LogP contribution is 2.43. The van der Waals surface area contributed by atoms with E-state index in [1.807, 2.05) is 0 Å². The van der Waals surface area contributed by atoms with Crippen molar-refractivity contribution in [3.8, 4) is 0 Å². The van der Waals surface area contributed by atoms with Crippen molar-refractivity contribution in [3.05, 3.63) is 59.7 Å². The van der Waals surface area contributed by atoms with Gasteiger partial charge < -0.3 is 4.74 Å². The Morgan fingerprint density at radius 3 is 2.50 bits per heavy atom. The Labute approximate surface area is 142 Å². The van der Waals surface area contributed by atoms with Crippen molar-refractivity contribution in [2.24, 2.45) is 0 Å². The summed E-state index contributed by atoms with van der Waals surface area (Å²) >= 11 is 0. The molecule has 0 aromatic heterocycles. The summed E-state index contributed by atoms with van der Waals surface area (Å²) in [5.41, 5.74) is 1.99. The molecule has 24 heavy (non-hydrogen) atoms. The van der Waals surface area contributed by atoms with E-state index in [-0.39, 0.29) is 5.97 Å². The molecule has 0 spiro atoms. The first-order chi connectivity index (χ1) is 11.6. The maximum absolute atomic E-state index is 11.6. The SMILES string of the molecule is CC(=O)OC1(c2ccc3cc4cccc(C)c4cc3c2)CCCC1. The molecule has 2 nitrogen and oxygen atoms in total. The van der Waals surface area contributed by atoms with Gasteiger partial charge in [0.25, 0.3) is 0 Å². The fourth-order valence-corrected chi connectivity index (χ4v) is 4.13. The number of esters is 1. The Bertz CT molecular complexity index is 933. The minimum Gasteiger partial charge on any atom is -0.454 e. The Morgan fingerprint density at radius 1 is 0.958 bits per heavy atom. The topological polar surface area (TPSA) is 26.3 Å². The van der Waals surface area contributed by atoms with Gasteiger partial charge in [0.2, 0.25) is 0 Å². The van der Waals surface area contributed by atoms with E-state index in [2.05, 4.69) is 55.5 Å². The van der Waals surface area contributed by atoms with Crippen molar-refractivity contribution in [2.75, 3.05) is 0 Å². The summed E-state index contributed by atoms with van der Waals surface area (Å²) in [6.07, 6.45) is 4.07. The first-order valence-electron chi connectivity index (χ1n) is 8.71. The van der Waals surface area contributed by atoms with Crippen molar-refractivity contribution in [2.45, 2.75) is 45.1 Å². The molecule has 2 heteroatoms. The highest BCUT2D eigenvalue weighted by molar-refractivity contribution is 5.99. The molecule has 0 atom stereocenters. The average Bonchev–Trinajstić information content (AvgIpc) is 3.02. The summed E-state index contributed by atoms with van der Waals surface area (Å²) in [5, 5.41) is 5.00. The second-order valence-electron chi connectivity index (χ2n) is 7.01. The standard InChI is InChI=1S/C22H22O2/c1-15-6-5-7-18-12-17-8-9-20(13-19(17)14-21(15)18)22(24-16(2)23)10-3-4-11-22/h5-9,12-14H,3-4,10-11H2,1-2H3. The molecule has 122 valence electrons. The van der Waals surface area contributed by atoms with Gasteiger partial charge in [-0.15, -0.1) is 0 Å². The van der Waals surface area contributed by atoms with E-state index in [9.17, 15) is 4.79 Å². The van der Waals surface area contributed by atoms with Gasteiger partial charge in [0.1, 0.15) is 5.60 Å². The molecule has 1 aliphatic carbocycles. The summed E-state index contributed by atoms with van der Waals surface area (Å²) in [6, 6.07) is 17.4. The maximum Gasteiger partial charge on any atom is 0.303 e. The molecule has 3 aromatic rings. The van der Waals surface area contributed by atoms with Crippen molar-refractivity contribution >= 4 is 27.5 Å². The van der Waals surface area contributed by atoms with Crippen LogP contribution in [0.15, 0.2) is 48.5 Å². The average molecular weight is 318 g/mol. The van der Waals surface area contributed by atoms with Gasteiger partial charge in [-0.3, -0.25) is 4.79 Å². The molecule has 0 unspecified atom stereocenters. The summed E-state index contributed by atoms with van der Waals surface area (Å²) in [5.74, 6) is -0.189. The molecule has 0 radical (unpaired) electrons. The van der Waals surface area contributed by atoms with E-state index >= 15 is 0 Å². The van der Waals surface area contributed by atoms with Crippen molar-refractivity contribution in [1.82, 2.24) is 0 Å². The van der Waals surface area contributed by atoms with Crippen LogP contribution >= 0.6 is 0 Å². The number of ether oxygens (including phenoxy) is 1. The molecular formula is C22H22O2. The number of hydrogen-bond acceptors (Lipinski definition) is 2. The molecular weight excluding hydrogens is 296 g/mol. The van der Waals surface area contributed by atoms with Crippen LogP contribution in [0.2, 0.25) is 0 Å². The first kappa shape index (κ1) is 15.2. The summed E-state index contributed by atoms with van der Waals surface area (Å²) in [6.45, 7) is 3.66. The van der Waals surface area contributed by atoms with Gasteiger partial charge in [-0.2, -0.15) is 0 Å². The van der Waals surface area contributed by atoms with Crippen LogP contribution in [-0.2, 0) is 15.1 Å². The zero-order chi connectivity index (χ0) is 16.7. The van der Waals surface area contributed by atoms with Crippen LogP contribution in [0.3, 0.4) is 0 Å². The number of aryl methyl sites for hydroxylation is 1. The molecule has 1 fully saturated rings. The van der Waals surface area contributed by atoms with Crippen molar-refractivity contribution in [3.63, 3.8) is 0 Å². The van der Waals surface area contributed by atoms with Gasteiger partial charge >= 0.3 is 5.97 Å². The quantitative estimate of drug-likeness (QED) is 0.452. The lowest BCUT2D eigenvalue weighted by atomic mass is 9.89. The third kappa shape index (κ3) is 2.47. The van der Waals surface area contributed by atoms with E-state index in [0.29, 0.717) is 0 Å². The zero-order valence-electron chi connectivity index (χ0n) is 14.3. The molecule has 0 bridgehead atoms. The van der Waals surface area contributed by atoms with Crippen LogP contribution in [0.1, 0.15) is 43.7 Å². The maximum atomic E-state index is 11.6. The number of carbonyl (C=O) groups is 1. The molecule has 0 heterocycles. The zero-order valence-corrected chi connectivity index (χ0v) is 14.3. The number of rotatable bonds is 2. The molecule has 0 N–H and O–H groups in total. The smallest absolute Gasteiger partial charge is 0.303 e. The van der Waals surface area contributed by atoms with Gasteiger partial charge in [-0.05, 0) is 83.5 Å². The van der Waals surface area contributed by atoms with Crippen LogP contribution < -0.4 is 0 Å². The second-order valence-corrected chi connectivity index (χ2v) is 7.01. The van der Waals surface area contributed by atoms with E-state index in [1.54, 1.807) is 0 Å². The fraction of sp³-hybridized carbons (Fsp3) is 0.318. The van der Waals surface area contributed by atoms with E-state index in [0.717, 1.165) is 31.2 Å². The normalized spacial score (nSPS) is 16.6. The summed E-state index contributed by atoms with van der Waals surface area (Å²) in [4.78, 5) is 11.6. The number of hydrogen-bond donors (Lipinski definition) is 0. The summed E-state index contributed by atoms with van der Waals surface area (Å²) < 4.78 is 5.81. The Kier molecular flexibility index (Phi) is 3.56. The lowest BCUT2D eigenvalue weighted by Crippen LogP contribution is -2.28. The molecule has 0 saturated heterocycles. The predicted molar refractivity (Wildman–Crippen MR) is 98.1 cm³/mol. The van der Waals surface area contributed by atoms with Gasteiger partial charge in [-0.25, -0.2) is 0 Å². The number of benzene rings is 3. The Morgan fingerprint density at radius 2 is 1.75 bits per heavy atom. The summed E-state index contributed by atoms with van der Waals surface area (Å²) in [7, 11) is 0. The van der Waals surface area contributed by atoms with Gasteiger partial charge in [-0.1, -0.05) is 30.3 Å². The third-order valence-corrected chi connectivity index (χ3v) is 5.33. The first-order valence-corrected chi connectivity index (χ1v) is 8.71. The van der Waals surface area contributed by atoms with Gasteiger partial charge in [0.05, 0.1) is 0 Å². The Balaban J connectivity index is 1.89. The number of fused-ring (bicyclic) bond motifs is 2. The lowest BCUT2D eigenvalue weighted by molar-refractivity contribution is -0.157. The monoisotopic (exact) mass is 318 g/mol. The molecule has 0 aliphatic heterocycles. The van der Waals surface area contributed by atoms with Crippen LogP contribution in [0.4, 0.5) is 0 Å². The highest BCUT2D eigenvalue weighted by atomic mass is 16.6. The third-order valence-electron chi connectivity index (χ3n) is 5.33. The minimum absolute atomic E-state index is 0.189. The largest absolute Gasteiger partial charge is 0.454 e. The minimum atomic E-state index is -0.430. The molecule has 1 aliphatic rings. The Hall–Kier alpha value is -2.35. The van der Waals surface area contributed by atoms with Crippen LogP contribution in [0.5, 0.6) is 0 Å². The van der Waals surface area contributed by atoms with Gasteiger partial charge in [0.15, 0.2) is 0 Å². The fourth-order valence-electron chi connectivity index (χ4n) is 4.13. The van der Waals surface area contributed by atoms with Crippen LogP contribution in [-0.4, -0.2) is 5.97 Å². The molecule has 4 rings (SSSR count). The van der Waals surface area contributed by atoms with Crippen molar-refractivity contribution in [1.29, 1.82) is 0 Å². The van der Waals surface area contributed by atoms with Crippen LogP contribution in [0, 0.1) is 6.92 Å². The van der Waals surface area contributed by atoms with Crippen molar-refractivity contribution < 1.29 is 9.53 Å². The second kappa shape index (κ2) is 5.62. The number of carbonyl (C=O) groups excluding carboxylic acids is 1. The van der Waals surface area contributed by atoms with E-state index in [4.69, 9.17) is 4.74 Å². The molecule has 3 aromatic carbocycles. The molecule has 1 saturated carbocycles. The van der Waals surface area contributed by atoms with E-state index < -0.39 is 5.60 Å². The van der Waals surface area contributed by atoms with E-state index in [1.165, 1.54) is 34.0 Å². The van der Waals surface area contributed by atoms with Crippen LogP contribution in [0.25, 0.3) is 21.5 Å². The predicted octanol–water partition coefficient (Wildman–Crippen LogP) is 5.63.